The van der Waals surface area contributed by atoms with E-state index >= 15 is 0 Å². The summed E-state index contributed by atoms with van der Waals surface area (Å²) in [5, 5.41) is 1.46. The lowest BCUT2D eigenvalue weighted by atomic mass is 9.87. The Kier molecular flexibility index (Phi) is 5.56. The quantitative estimate of drug-likeness (QED) is 0.163. The molecule has 6 nitrogen and oxygen atoms in total. The maximum Gasteiger partial charge on any atom is 0.261 e. The molecule has 3 amide bonds. The molecule has 6 rings (SSSR count). The molecule has 0 saturated carbocycles. The Morgan fingerprint density at radius 3 is 2.30 bits per heavy atom. The van der Waals surface area contributed by atoms with Crippen LogP contribution in [0.4, 0.5) is 5.69 Å². The van der Waals surface area contributed by atoms with Crippen molar-refractivity contribution < 1.29 is 19.1 Å². The Bertz CT molecular complexity index is 1650. The van der Waals surface area contributed by atoms with Crippen molar-refractivity contribution in [1.29, 1.82) is 0 Å². The lowest BCUT2D eigenvalue weighted by molar-refractivity contribution is -0.120. The predicted octanol–water partition coefficient (Wildman–Crippen LogP) is 6.64. The Labute approximate surface area is 226 Å². The van der Waals surface area contributed by atoms with Gasteiger partial charge in [-0.25, -0.2) is 0 Å². The van der Waals surface area contributed by atoms with Gasteiger partial charge >= 0.3 is 0 Å². The molecule has 0 spiro atoms. The number of benzene rings is 3. The van der Waals surface area contributed by atoms with Crippen molar-refractivity contribution in [1.82, 2.24) is 4.90 Å². The van der Waals surface area contributed by atoms with E-state index in [1.54, 1.807) is 39.5 Å². The first-order valence-corrected chi connectivity index (χ1v) is 14.4. The van der Waals surface area contributed by atoms with Gasteiger partial charge in [-0.1, -0.05) is 57.2 Å². The SMILES string of the molecule is CCOc1ccc2c(c1)-c1c(ssc1=S)C(C)(C)N2C(=O)CN1C(=O)c2cccc3cccc(c23)C1=O. The van der Waals surface area contributed by atoms with E-state index < -0.39 is 17.4 Å². The molecule has 4 aromatic rings. The first-order valence-electron chi connectivity index (χ1n) is 11.9. The van der Waals surface area contributed by atoms with Crippen LogP contribution in [-0.4, -0.2) is 35.8 Å². The molecular weight excluding hydrogens is 525 g/mol. The highest BCUT2D eigenvalue weighted by molar-refractivity contribution is 7.80. The van der Waals surface area contributed by atoms with E-state index in [1.165, 1.54) is 10.3 Å². The lowest BCUT2D eigenvalue weighted by Crippen LogP contribution is -2.53. The monoisotopic (exact) mass is 546 g/mol. The molecule has 3 aromatic carbocycles. The minimum atomic E-state index is -0.732. The zero-order valence-corrected chi connectivity index (χ0v) is 22.8. The number of ether oxygens (including phenoxy) is 1. The van der Waals surface area contributed by atoms with Gasteiger partial charge in [-0.3, -0.25) is 24.2 Å². The fourth-order valence-corrected chi connectivity index (χ4v) is 8.62. The molecule has 0 aliphatic carbocycles. The summed E-state index contributed by atoms with van der Waals surface area (Å²) in [6, 6.07) is 16.3. The third kappa shape index (κ3) is 3.48. The number of carbonyl (C=O) groups excluding carboxylic acids is 3. The van der Waals surface area contributed by atoms with Crippen LogP contribution in [0.25, 0.3) is 21.9 Å². The molecule has 9 heteroatoms. The van der Waals surface area contributed by atoms with Gasteiger partial charge in [-0.2, -0.15) is 0 Å². The fourth-order valence-electron chi connectivity index (χ4n) is 5.34. The highest BCUT2D eigenvalue weighted by Crippen LogP contribution is 2.53. The van der Waals surface area contributed by atoms with Crippen LogP contribution in [0.3, 0.4) is 0 Å². The zero-order chi connectivity index (χ0) is 26.1. The molecule has 0 saturated heterocycles. The molecule has 186 valence electrons. The minimum absolute atomic E-state index is 0.348. The predicted molar refractivity (Wildman–Crippen MR) is 149 cm³/mol. The van der Waals surface area contributed by atoms with E-state index in [-0.39, 0.29) is 12.5 Å². The highest BCUT2D eigenvalue weighted by atomic mass is 32.9. The number of hydrogen-bond acceptors (Lipinski definition) is 7. The topological polar surface area (TPSA) is 66.9 Å². The summed E-state index contributed by atoms with van der Waals surface area (Å²) in [7, 11) is 3.06. The highest BCUT2D eigenvalue weighted by Gasteiger charge is 2.44. The molecule has 37 heavy (non-hydrogen) atoms. The van der Waals surface area contributed by atoms with Crippen LogP contribution >= 0.6 is 32.9 Å². The van der Waals surface area contributed by atoms with Gasteiger partial charge in [0.1, 0.15) is 16.1 Å². The molecule has 0 fully saturated rings. The first-order chi connectivity index (χ1) is 17.7. The van der Waals surface area contributed by atoms with Gasteiger partial charge in [0.15, 0.2) is 0 Å². The third-order valence-corrected chi connectivity index (χ3v) is 10.3. The largest absolute Gasteiger partial charge is 0.494 e. The average molecular weight is 547 g/mol. The van der Waals surface area contributed by atoms with E-state index in [2.05, 4.69) is 0 Å². The van der Waals surface area contributed by atoms with Gasteiger partial charge in [0, 0.05) is 27.6 Å². The molecule has 2 aliphatic heterocycles. The molecular formula is C28H22N2O4S3. The summed E-state index contributed by atoms with van der Waals surface area (Å²) < 4.78 is 6.50. The second-order valence-electron chi connectivity index (χ2n) is 9.46. The van der Waals surface area contributed by atoms with Gasteiger partial charge in [0.05, 0.1) is 22.7 Å². The number of rotatable bonds is 4. The van der Waals surface area contributed by atoms with Crippen LogP contribution in [0.1, 0.15) is 46.4 Å². The lowest BCUT2D eigenvalue weighted by Gasteiger charge is -2.43. The fraction of sp³-hybridized carbons (Fsp3) is 0.214. The molecule has 0 N–H and O–H groups in total. The Hall–Kier alpha value is -3.40. The summed E-state index contributed by atoms with van der Waals surface area (Å²) >= 11 is 5.68. The van der Waals surface area contributed by atoms with Gasteiger partial charge in [0.2, 0.25) is 5.91 Å². The van der Waals surface area contributed by atoms with E-state index in [4.69, 9.17) is 17.0 Å². The Morgan fingerprint density at radius 2 is 1.65 bits per heavy atom. The number of imide groups is 1. The van der Waals surface area contributed by atoms with Crippen LogP contribution in [0.15, 0.2) is 54.6 Å². The van der Waals surface area contributed by atoms with Gasteiger partial charge in [-0.15, -0.1) is 0 Å². The number of fused-ring (bicyclic) bond motifs is 3. The number of amides is 3. The third-order valence-electron chi connectivity index (χ3n) is 6.93. The maximum atomic E-state index is 14.0. The number of hydrogen-bond donors (Lipinski definition) is 0. The van der Waals surface area contributed by atoms with Crippen molar-refractivity contribution in [2.45, 2.75) is 26.3 Å². The summed E-state index contributed by atoms with van der Waals surface area (Å²) in [5.41, 5.74) is 2.58. The summed E-state index contributed by atoms with van der Waals surface area (Å²) in [4.78, 5) is 44.7. The normalized spacial score (nSPS) is 15.5. The summed E-state index contributed by atoms with van der Waals surface area (Å²) in [6.07, 6.45) is 0. The summed E-state index contributed by atoms with van der Waals surface area (Å²) in [6.45, 7) is 6.00. The first kappa shape index (κ1) is 24.0. The van der Waals surface area contributed by atoms with E-state index in [9.17, 15) is 14.4 Å². The number of nitrogens with zero attached hydrogens (tertiary/aromatic N) is 2. The van der Waals surface area contributed by atoms with Crippen LogP contribution in [0.5, 0.6) is 5.75 Å². The Morgan fingerprint density at radius 1 is 0.973 bits per heavy atom. The minimum Gasteiger partial charge on any atom is -0.494 e. The van der Waals surface area contributed by atoms with Crippen molar-refractivity contribution in [3.63, 3.8) is 0 Å². The molecule has 0 bridgehead atoms. The van der Waals surface area contributed by atoms with E-state index in [0.717, 1.165) is 30.1 Å². The number of anilines is 1. The molecule has 0 unspecified atom stereocenters. The van der Waals surface area contributed by atoms with Crippen molar-refractivity contribution in [3.8, 4) is 16.9 Å². The molecule has 0 atom stereocenters. The van der Waals surface area contributed by atoms with Crippen molar-refractivity contribution in [2.75, 3.05) is 18.1 Å². The van der Waals surface area contributed by atoms with Crippen molar-refractivity contribution in [2.24, 2.45) is 0 Å². The molecule has 0 radical (unpaired) electrons. The summed E-state index contributed by atoms with van der Waals surface area (Å²) in [5.74, 6) is -0.581. The smallest absolute Gasteiger partial charge is 0.261 e. The van der Waals surface area contributed by atoms with Crippen LogP contribution in [0.2, 0.25) is 0 Å². The van der Waals surface area contributed by atoms with E-state index in [1.807, 2.05) is 51.1 Å². The number of carbonyl (C=O) groups is 3. The molecule has 2 aliphatic rings. The van der Waals surface area contributed by atoms with Gasteiger partial charge < -0.3 is 4.74 Å². The Balaban J connectivity index is 1.43. The van der Waals surface area contributed by atoms with Crippen molar-refractivity contribution in [3.05, 3.63) is 74.4 Å². The van der Waals surface area contributed by atoms with Gasteiger partial charge in [-0.05, 0) is 56.5 Å². The van der Waals surface area contributed by atoms with Crippen molar-refractivity contribution >= 4 is 67.1 Å². The zero-order valence-electron chi connectivity index (χ0n) is 20.4. The van der Waals surface area contributed by atoms with E-state index in [0.29, 0.717) is 34.6 Å². The van der Waals surface area contributed by atoms with Gasteiger partial charge in [0.25, 0.3) is 11.8 Å². The van der Waals surface area contributed by atoms with Crippen LogP contribution < -0.4 is 9.64 Å². The molecule has 1 aromatic heterocycles. The van der Waals surface area contributed by atoms with Crippen LogP contribution in [-0.2, 0) is 10.3 Å². The van der Waals surface area contributed by atoms with Crippen LogP contribution in [0, 0.1) is 3.82 Å². The molecule has 3 heterocycles. The standard InChI is InChI=1S/C28H22N2O4S3/c1-4-34-16-11-12-20-19(13-16)23-24(36-37-27(23)35)28(2,3)30(20)21(31)14-29-25(32)17-9-5-7-15-8-6-10-18(22(15)17)26(29)33/h5-13H,4,14H2,1-3H3. The average Bonchev–Trinajstić information content (AvgIpc) is 3.28. The second-order valence-corrected chi connectivity index (χ2v) is 12.3. The maximum absolute atomic E-state index is 14.0. The second kappa shape index (κ2) is 8.58.